The second-order valence-corrected chi connectivity index (χ2v) is 35.9. The van der Waals surface area contributed by atoms with Gasteiger partial charge in [-0.05, 0) is 151 Å². The third kappa shape index (κ3) is 40.1. The van der Waals surface area contributed by atoms with E-state index >= 15 is 0 Å². The molecule has 1 heterocycles. The molecule has 0 aliphatic carbocycles. The summed E-state index contributed by atoms with van der Waals surface area (Å²) in [5.41, 5.74) is 41.2. The number of likely N-dealkylation sites (tertiary alicyclic amines) is 1. The van der Waals surface area contributed by atoms with Crippen LogP contribution in [0.25, 0.3) is 0 Å². The number of β-amino-alcohol motifs (C(OH)–C–C–N with tert-alkyl or cyclic N) is 1. The van der Waals surface area contributed by atoms with Crippen molar-refractivity contribution in [3.05, 3.63) is 59.7 Å². The predicted molar refractivity (Wildman–Crippen MR) is 504 cm³/mol. The summed E-state index contributed by atoms with van der Waals surface area (Å²) in [7, 11) is 0. The molecule has 0 unspecified atom stereocenters. The Morgan fingerprint density at radius 3 is 1.24 bits per heavy atom. The lowest BCUT2D eigenvalue weighted by Gasteiger charge is -2.33. The number of carbonyl (C=O) groups excluding carboxylic acids is 16. The van der Waals surface area contributed by atoms with E-state index in [9.17, 15) is 112 Å². The largest absolute Gasteiger partial charge is 0.508 e. The van der Waals surface area contributed by atoms with Crippen LogP contribution < -0.4 is 125 Å². The summed E-state index contributed by atoms with van der Waals surface area (Å²) < 4.78 is -1.61. The Balaban J connectivity index is 1.93. The summed E-state index contributed by atoms with van der Waals surface area (Å²) in [6.07, 6.45) is -5.12. The number of aliphatic hydroxyl groups excluding tert-OH is 3. The number of phenolic OH excluding ortho intramolecular Hbond substituents is 2. The summed E-state index contributed by atoms with van der Waals surface area (Å²) in [5, 5.41) is 117. The number of aromatic hydroxyl groups is 2. The van der Waals surface area contributed by atoms with Crippen molar-refractivity contribution in [1.29, 1.82) is 10.8 Å². The first-order valence-corrected chi connectivity index (χ1v) is 45.9. The number of phenols is 2. The van der Waals surface area contributed by atoms with Gasteiger partial charge in [0.1, 0.15) is 102 Å². The van der Waals surface area contributed by atoms with Crippen LogP contribution in [-0.4, -0.2) is 313 Å². The van der Waals surface area contributed by atoms with Gasteiger partial charge in [0.2, 0.25) is 94.5 Å². The molecule has 1 saturated heterocycles. The first kappa shape index (κ1) is 118. The Labute approximate surface area is 799 Å². The number of carboxylic acids is 1. The monoisotopic (exact) mass is 1960 g/mol. The summed E-state index contributed by atoms with van der Waals surface area (Å²) in [6, 6.07) is -14.7. The highest BCUT2D eigenvalue weighted by Crippen LogP contribution is 2.25. The van der Waals surface area contributed by atoms with Gasteiger partial charge in [0.25, 0.3) is 0 Å². The second kappa shape index (κ2) is 59.1. The van der Waals surface area contributed by atoms with Crippen molar-refractivity contribution in [2.24, 2.45) is 57.9 Å². The number of nitrogens with zero attached hydrogens (tertiary/aromatic N) is 1. The SMILES string of the molecule is CC[C@H](C)[C@H](NC(=O)[C@@H](NC(=O)[C@@H]1C[C@@H](O)CN1C(=O)[C@@H](N)C(C)C)[C@@H](C)CC)C(=O)N[C@@H](Cc1ccc(O)cc1)C(=O)N[C@H](C(=O)N[C@@H](CC(N)=O)C(=O)N[C@@H](CCCNC(=N)N)C(=O)N[C@@H](CCN)C(=O)N[C@H](C(=O)N[C@H](CCN)C(=O)N[C@@H](CCCCN)C(=O)N[C@@H](CS)C(=O)N[C@@H](CO)C(=O)N[C@@H](CCCNC(=N)N)C(=O)N[C@@H](Cc1ccc(O)cc1)C(=O)O)[C@@H](C)O)C(C)(C)S. The van der Waals surface area contributed by atoms with Gasteiger partial charge in [-0.2, -0.15) is 25.3 Å². The fourth-order valence-corrected chi connectivity index (χ4v) is 14.4. The van der Waals surface area contributed by atoms with Crippen LogP contribution in [0.4, 0.5) is 0 Å². The van der Waals surface area contributed by atoms with Gasteiger partial charge >= 0.3 is 5.97 Å². The van der Waals surface area contributed by atoms with Crippen molar-refractivity contribution >= 4 is 138 Å². The molecule has 1 aliphatic rings. The maximum Gasteiger partial charge on any atom is 0.326 e. The number of thiol groups is 2. The van der Waals surface area contributed by atoms with Gasteiger partial charge in [0, 0.05) is 49.4 Å². The molecule has 1 fully saturated rings. The molecule has 0 radical (unpaired) electrons. The van der Waals surface area contributed by atoms with Gasteiger partial charge in [-0.15, -0.1) is 0 Å². The van der Waals surface area contributed by atoms with Crippen LogP contribution in [0.5, 0.6) is 11.5 Å². The van der Waals surface area contributed by atoms with Crippen molar-refractivity contribution in [2.45, 2.75) is 272 Å². The Morgan fingerprint density at radius 2 is 0.831 bits per heavy atom. The Hall–Kier alpha value is -12.0. The fourth-order valence-electron chi connectivity index (χ4n) is 14.0. The van der Waals surface area contributed by atoms with Gasteiger partial charge in [0.15, 0.2) is 11.9 Å². The number of hydrogen-bond donors (Lipinski definition) is 33. The number of unbranched alkanes of at least 4 members (excludes halogenated alkanes) is 1. The smallest absolute Gasteiger partial charge is 0.326 e. The zero-order chi connectivity index (χ0) is 103. The minimum absolute atomic E-state index is 0.0124. The minimum Gasteiger partial charge on any atom is -0.508 e. The summed E-state index contributed by atoms with van der Waals surface area (Å²) in [6.45, 7) is 12.1. The third-order valence-corrected chi connectivity index (χ3v) is 23.1. The second-order valence-electron chi connectivity index (χ2n) is 34.4. The number of rotatable bonds is 61. The molecule has 2 aromatic rings. The number of aliphatic carboxylic acids is 1. The predicted octanol–water partition coefficient (Wildman–Crippen LogP) is -8.97. The Kier molecular flexibility index (Phi) is 51.3. The molecule has 0 saturated carbocycles. The molecule has 20 atom stereocenters. The van der Waals surface area contributed by atoms with E-state index in [-0.39, 0.29) is 127 Å². The normalized spacial score (nSPS) is 17.0. The molecular weight excluding hydrogens is 1820 g/mol. The lowest BCUT2D eigenvalue weighted by atomic mass is 9.94. The Bertz CT molecular complexity index is 4370. The highest BCUT2D eigenvalue weighted by atomic mass is 32.1. The van der Waals surface area contributed by atoms with Gasteiger partial charge < -0.3 is 161 Å². The molecule has 0 bridgehead atoms. The van der Waals surface area contributed by atoms with E-state index in [1.54, 1.807) is 41.5 Å². The summed E-state index contributed by atoms with van der Waals surface area (Å²) in [4.78, 5) is 241. The number of hydrogen-bond acceptors (Lipinski definition) is 30. The van der Waals surface area contributed by atoms with Crippen molar-refractivity contribution < 1.29 is 112 Å². The zero-order valence-electron chi connectivity index (χ0n) is 78.0. The number of primary amides is 1. The lowest BCUT2D eigenvalue weighted by molar-refractivity contribution is -0.142. The average Bonchev–Trinajstić information content (AvgIpc) is 1.65. The summed E-state index contributed by atoms with van der Waals surface area (Å²) in [5.74, 6) is -21.5. The number of nitrogens with two attached hydrogens (primary N) is 7. The molecule has 2 aromatic carbocycles. The summed E-state index contributed by atoms with van der Waals surface area (Å²) >= 11 is 8.84. The first-order valence-electron chi connectivity index (χ1n) is 44.9. The lowest BCUT2D eigenvalue weighted by Crippen LogP contribution is -2.64. The van der Waals surface area contributed by atoms with Gasteiger partial charge in [0.05, 0.1) is 31.3 Å². The van der Waals surface area contributed by atoms with E-state index in [1.807, 2.05) is 0 Å². The van der Waals surface area contributed by atoms with Crippen molar-refractivity contribution in [3.63, 3.8) is 0 Å². The van der Waals surface area contributed by atoms with Crippen LogP contribution in [0, 0.1) is 28.6 Å². The maximum atomic E-state index is 15.0. The molecule has 0 aromatic heterocycles. The molecular formula is C85H142N26O23S2. The molecule has 3 rings (SSSR count). The number of carbonyl (C=O) groups is 17. The van der Waals surface area contributed by atoms with Crippen LogP contribution in [0.3, 0.4) is 0 Å². The van der Waals surface area contributed by atoms with Crippen molar-refractivity contribution in [2.75, 3.05) is 51.6 Å². The molecule has 49 nitrogen and oxygen atoms in total. The number of carboxylic acid groups (broad SMARTS) is 1. The molecule has 38 N–H and O–H groups in total. The van der Waals surface area contributed by atoms with Gasteiger partial charge in [-0.25, -0.2) is 4.79 Å². The molecule has 1 aliphatic heterocycles. The van der Waals surface area contributed by atoms with E-state index in [4.69, 9.17) is 51.0 Å². The number of benzene rings is 2. The molecule has 136 heavy (non-hydrogen) atoms. The zero-order valence-corrected chi connectivity index (χ0v) is 79.8. The van der Waals surface area contributed by atoms with Crippen LogP contribution in [0.15, 0.2) is 48.5 Å². The topological polar surface area (TPSA) is 837 Å². The first-order chi connectivity index (χ1) is 63.9. The quantitative estimate of drug-likeness (QED) is 0.0127. The minimum atomic E-state index is -1.99. The number of nitrogens with one attached hydrogen (secondary N) is 18. The van der Waals surface area contributed by atoms with E-state index in [2.05, 4.69) is 110 Å². The van der Waals surface area contributed by atoms with Gasteiger partial charge in [-0.3, -0.25) is 87.5 Å². The molecule has 16 amide bonds. The van der Waals surface area contributed by atoms with Gasteiger partial charge in [-0.1, -0.05) is 78.6 Å². The fraction of sp³-hybridized carbons (Fsp3) is 0.635. The Morgan fingerprint density at radius 1 is 0.471 bits per heavy atom. The highest BCUT2D eigenvalue weighted by molar-refractivity contribution is 7.81. The van der Waals surface area contributed by atoms with Crippen LogP contribution in [-0.2, 0) is 94.3 Å². The maximum absolute atomic E-state index is 15.0. The van der Waals surface area contributed by atoms with E-state index in [0.29, 0.717) is 24.0 Å². The molecule has 0 spiro atoms. The molecule has 762 valence electrons. The average molecular weight is 1960 g/mol. The standard InChI is InChI=1S/C85H142N26O23S2/c1-10-42(5)63(108-78(129)64(43(6)11-2)107-76(127)60-36-49(116)38-111(60)81(132)62(90)41(3)4)77(128)102-55(34-45-19-23-47(114)24-20-45)73(124)110-66(85(8,9)136)80(131)103-56(37-61(89)117)72(123)98-51(17-14-32-95-83(91)92)67(118)100-54(28-31-88)71(122)109-65(44(7)113)79(130)101-53(27-30-87)70(121)97-50(16-12-13-29-86)69(120)106-59(40-135)75(126)105-58(39-112)74(125)99-52(18-15-33-96-84(93)94)68(119)104-57(82(133)134)35-46-21-25-48(115)26-22-46/h19-26,41-44,49-60,62-66,112-116,135-136H,10-18,27-40,86-88,90H2,1-9H3,(H2,89,117)(H,97,121)(H,98,123)(H,99,125)(H,100,118)(H,101,130)(H,102,128)(H,103,131)(H,104,119)(H,105,126)(H,106,120)(H,107,127)(H,108,129)(H,109,122)(H,110,124)(H,133,134)(H4,91,92,95)(H4,93,94,96)/t42-,43-,44+,49+,50-,51-,52-,53+,54-,55-,56-,57-,58-,59-,60-,62-,63-,64-,65-,66+/m0/s1. The molecule has 51 heteroatoms. The number of aliphatic hydroxyl groups is 3. The number of amides is 16. The van der Waals surface area contributed by atoms with E-state index in [1.165, 1.54) is 67.3 Å². The van der Waals surface area contributed by atoms with Crippen molar-refractivity contribution in [3.8, 4) is 11.5 Å². The third-order valence-electron chi connectivity index (χ3n) is 22.4. The van der Waals surface area contributed by atoms with Crippen molar-refractivity contribution in [1.82, 2.24) is 90.0 Å². The van der Waals surface area contributed by atoms with E-state index < -0.39 is 263 Å². The highest BCUT2D eigenvalue weighted by Gasteiger charge is 2.46. The van der Waals surface area contributed by atoms with E-state index in [0.717, 1.165) is 6.92 Å². The van der Waals surface area contributed by atoms with Crippen LogP contribution in [0.2, 0.25) is 0 Å². The van der Waals surface area contributed by atoms with Crippen LogP contribution in [0.1, 0.15) is 157 Å². The van der Waals surface area contributed by atoms with Crippen LogP contribution >= 0.6 is 25.3 Å². The number of guanidine groups is 2.